The van der Waals surface area contributed by atoms with Crippen molar-refractivity contribution in [2.75, 3.05) is 29.5 Å². The van der Waals surface area contributed by atoms with Crippen molar-refractivity contribution in [2.24, 2.45) is 0 Å². The van der Waals surface area contributed by atoms with E-state index in [4.69, 9.17) is 4.74 Å². The van der Waals surface area contributed by atoms with Crippen molar-refractivity contribution in [1.82, 2.24) is 0 Å². The highest BCUT2D eigenvalue weighted by molar-refractivity contribution is 7.86. The van der Waals surface area contributed by atoms with Gasteiger partial charge in [0.05, 0.1) is 26.7 Å². The lowest BCUT2D eigenvalue weighted by atomic mass is 9.81. The van der Waals surface area contributed by atoms with E-state index in [0.717, 1.165) is 34.5 Å². The average Bonchev–Trinajstić information content (AvgIpc) is 3.53. The van der Waals surface area contributed by atoms with Gasteiger partial charge < -0.3 is 9.64 Å². The minimum atomic E-state index is -4.52. The van der Waals surface area contributed by atoms with Gasteiger partial charge in [0.15, 0.2) is 5.71 Å². The molecule has 0 aromatic heterocycles. The zero-order valence-corrected chi connectivity index (χ0v) is 39.6. The molecule has 3 aromatic carbocycles. The third-order valence-corrected chi connectivity index (χ3v) is 15.3. The van der Waals surface area contributed by atoms with Crippen LogP contribution in [0, 0.1) is 6.92 Å². The van der Waals surface area contributed by atoms with E-state index < -0.39 is 62.8 Å². The first-order valence-corrected chi connectivity index (χ1v) is 26.9. The van der Waals surface area contributed by atoms with Gasteiger partial charge in [-0.25, -0.2) is 0 Å². The Bertz CT molecular complexity index is 2950. The molecule has 0 amide bonds. The first-order valence-electron chi connectivity index (χ1n) is 20.8. The van der Waals surface area contributed by atoms with Gasteiger partial charge in [-0.05, 0) is 131 Å². The molecule has 3 aromatic rings. The molecule has 0 spiro atoms. The number of hydrogen-bond acceptors (Lipinski definition) is 10. The van der Waals surface area contributed by atoms with Gasteiger partial charge in [0.2, 0.25) is 5.69 Å². The summed E-state index contributed by atoms with van der Waals surface area (Å²) < 4.78 is 142. The number of unbranched alkanes of at least 4 members (excludes halogenated alkanes) is 2. The Hall–Kier alpha value is -4.47. The van der Waals surface area contributed by atoms with Gasteiger partial charge in [-0.3, -0.25) is 18.2 Å². The van der Waals surface area contributed by atoms with E-state index in [1.807, 2.05) is 92.7 Å². The molecule has 0 atom stereocenters. The van der Waals surface area contributed by atoms with E-state index in [-0.39, 0.29) is 22.6 Å². The van der Waals surface area contributed by atoms with Crippen LogP contribution in [0.5, 0.6) is 5.75 Å². The minimum Gasteiger partial charge on any atom is -0.457 e. The molecule has 6 rings (SSSR count). The Balaban J connectivity index is 1.46. The van der Waals surface area contributed by atoms with Gasteiger partial charge in [0, 0.05) is 47.5 Å². The number of aryl methyl sites for hydroxylation is 1. The lowest BCUT2D eigenvalue weighted by molar-refractivity contribution is -0.438. The highest BCUT2D eigenvalue weighted by Crippen LogP contribution is 2.49. The summed E-state index contributed by atoms with van der Waals surface area (Å²) in [6.07, 6.45) is 11.0. The van der Waals surface area contributed by atoms with E-state index in [1.54, 1.807) is 12.1 Å². The minimum absolute atomic E-state index is 0.181. The third-order valence-electron chi connectivity index (χ3n) is 12.0. The van der Waals surface area contributed by atoms with E-state index in [1.165, 1.54) is 24.3 Å². The highest BCUT2D eigenvalue weighted by atomic mass is 32.2. The van der Waals surface area contributed by atoms with Crippen molar-refractivity contribution < 1.29 is 61.2 Å². The molecule has 19 heteroatoms. The molecule has 4 N–H and O–H groups in total. The topological polar surface area (TPSA) is 233 Å². The number of fused-ring (bicyclic) bond motifs is 2. The van der Waals surface area contributed by atoms with Crippen molar-refractivity contribution in [2.45, 2.75) is 100 Å². The van der Waals surface area contributed by atoms with E-state index >= 15 is 0 Å². The number of nitrogens with zero attached hydrogens (tertiary/aromatic N) is 2. The Morgan fingerprint density at radius 1 is 0.688 bits per heavy atom. The molecule has 0 fully saturated rings. The second-order valence-corrected chi connectivity index (χ2v) is 23.4. The summed E-state index contributed by atoms with van der Waals surface area (Å²) in [5.74, 6) is 0.371. The second-order valence-electron chi connectivity index (χ2n) is 17.4. The van der Waals surface area contributed by atoms with Crippen molar-refractivity contribution in [3.8, 4) is 5.75 Å². The van der Waals surface area contributed by atoms with Crippen molar-refractivity contribution >= 4 is 57.6 Å². The van der Waals surface area contributed by atoms with Gasteiger partial charge in [-0.15, -0.1) is 0 Å². The Morgan fingerprint density at radius 3 is 1.89 bits per heavy atom. The molecule has 2 aliphatic heterocycles. The van der Waals surface area contributed by atoms with E-state index in [9.17, 15) is 51.9 Å². The fourth-order valence-electron chi connectivity index (χ4n) is 8.66. The fraction of sp³-hybridized carbons (Fsp3) is 0.400. The van der Waals surface area contributed by atoms with Crippen LogP contribution in [0.1, 0.15) is 89.3 Å². The molecule has 0 saturated carbocycles. The summed E-state index contributed by atoms with van der Waals surface area (Å²) in [7, 11) is -17.4. The number of allylic oxidation sites excluding steroid dienone is 7. The molecule has 2 heterocycles. The summed E-state index contributed by atoms with van der Waals surface area (Å²) in [5.41, 5.74) is 5.41. The van der Waals surface area contributed by atoms with Crippen molar-refractivity contribution in [1.29, 1.82) is 0 Å². The fourth-order valence-corrected chi connectivity index (χ4v) is 10.8. The smallest absolute Gasteiger partial charge is 0.294 e. The number of benzene rings is 3. The predicted molar refractivity (Wildman–Crippen MR) is 245 cm³/mol. The molecular weight excluding hydrogens is 905 g/mol. The van der Waals surface area contributed by atoms with Crippen LogP contribution >= 0.6 is 0 Å². The number of anilines is 1. The molecular formula is C45H55N2O13S4+. The van der Waals surface area contributed by atoms with Crippen molar-refractivity contribution in [3.05, 3.63) is 124 Å². The van der Waals surface area contributed by atoms with Crippen molar-refractivity contribution in [3.63, 3.8) is 0 Å². The molecule has 0 radical (unpaired) electrons. The summed E-state index contributed by atoms with van der Waals surface area (Å²) in [4.78, 5) is 1.48. The van der Waals surface area contributed by atoms with Gasteiger partial charge >= 0.3 is 0 Å². The lowest BCUT2D eigenvalue weighted by Crippen LogP contribution is -2.28. The summed E-state index contributed by atoms with van der Waals surface area (Å²) in [5, 5.41) is 0. The highest BCUT2D eigenvalue weighted by Gasteiger charge is 2.45. The van der Waals surface area contributed by atoms with Crippen LogP contribution in [0.25, 0.3) is 0 Å². The zero-order valence-electron chi connectivity index (χ0n) is 36.4. The normalized spacial score (nSPS) is 19.0. The van der Waals surface area contributed by atoms with Crippen LogP contribution in [0.4, 0.5) is 11.4 Å². The van der Waals surface area contributed by atoms with Crippen LogP contribution in [0.3, 0.4) is 0 Å². The maximum absolute atomic E-state index is 12.2. The molecule has 3 aliphatic rings. The SMILES string of the molecule is Cc1ccc(OC2=C(/C=C/C3=[N+](CCCCS(=O)(=O)O)c4ccc(S(=O)(=O)O)cc4C3(C)C)CCC/C2=C\C=C2\N(CCCCS(=O)(=O)O)c3ccc(S(=O)(=O)O)cc3C2(C)C)cc1. The van der Waals surface area contributed by atoms with Gasteiger partial charge in [-0.1, -0.05) is 37.6 Å². The lowest BCUT2D eigenvalue weighted by Gasteiger charge is -2.27. The molecule has 64 heavy (non-hydrogen) atoms. The van der Waals surface area contributed by atoms with Gasteiger partial charge in [0.1, 0.15) is 18.1 Å². The maximum Gasteiger partial charge on any atom is 0.294 e. The monoisotopic (exact) mass is 959 g/mol. The van der Waals surface area contributed by atoms with E-state index in [2.05, 4.69) is 0 Å². The quantitative estimate of drug-likeness (QED) is 0.0573. The molecule has 0 unspecified atom stereocenters. The van der Waals surface area contributed by atoms with Gasteiger partial charge in [-0.2, -0.15) is 38.2 Å². The summed E-state index contributed by atoms with van der Waals surface area (Å²) in [6, 6.07) is 16.4. The van der Waals surface area contributed by atoms with Crippen LogP contribution in [-0.4, -0.2) is 86.8 Å². The first kappa shape index (κ1) is 49.0. The second kappa shape index (κ2) is 18.4. The summed E-state index contributed by atoms with van der Waals surface area (Å²) >= 11 is 0. The zero-order chi connectivity index (χ0) is 47.0. The Morgan fingerprint density at radius 2 is 1.28 bits per heavy atom. The Kier molecular flexibility index (Phi) is 14.1. The average molecular weight is 960 g/mol. The van der Waals surface area contributed by atoms with Crippen LogP contribution in [0.2, 0.25) is 0 Å². The predicted octanol–water partition coefficient (Wildman–Crippen LogP) is 7.88. The number of rotatable bonds is 17. The molecule has 346 valence electrons. The largest absolute Gasteiger partial charge is 0.457 e. The van der Waals surface area contributed by atoms with Crippen LogP contribution in [-0.2, 0) is 51.3 Å². The van der Waals surface area contributed by atoms with Gasteiger partial charge in [0.25, 0.3) is 40.5 Å². The van der Waals surface area contributed by atoms with Crippen LogP contribution < -0.4 is 9.64 Å². The third kappa shape index (κ3) is 11.3. The Labute approximate surface area is 376 Å². The van der Waals surface area contributed by atoms with E-state index in [0.29, 0.717) is 72.8 Å². The number of ether oxygens (including phenoxy) is 1. The molecule has 1 aliphatic carbocycles. The molecule has 15 nitrogen and oxygen atoms in total. The van der Waals surface area contributed by atoms with Crippen LogP contribution in [0.15, 0.2) is 117 Å². The molecule has 0 bridgehead atoms. The first-order chi connectivity index (χ1) is 29.7. The maximum atomic E-state index is 12.2. The standard InChI is InChI=1S/C45H54N2O13S4/c1-31-13-17-34(18-14-31)60-43-32(15-23-41-44(2,3)37-29-35(63(54,55)56)19-21-39(37)46(41)25-6-8-27-61(48,49)50)11-10-12-33(43)16-24-42-45(4,5)38-30-36(64(57,58)59)20-22-40(38)47(42)26-7-9-28-62(51,52)53/h13-24,29-30H,6-12,25-28H2,1-5H3,(H3-,48,49,50,51,52,53,54,55,56,57,58,59)/p+1. The molecule has 0 saturated heterocycles. The summed E-state index contributed by atoms with van der Waals surface area (Å²) in [6.45, 7) is 10.4. The number of hydrogen-bond donors (Lipinski definition) is 4.